The number of aromatic nitrogens is 2. The predicted molar refractivity (Wildman–Crippen MR) is 51.5 cm³/mol. The first-order valence-corrected chi connectivity index (χ1v) is 4.83. The molecule has 0 fully saturated rings. The molecule has 13 heavy (non-hydrogen) atoms. The summed E-state index contributed by atoms with van der Waals surface area (Å²) in [4.78, 5) is 4.31. The summed E-state index contributed by atoms with van der Waals surface area (Å²) in [6.07, 6.45) is 2.83. The van der Waals surface area contributed by atoms with Gasteiger partial charge in [-0.1, -0.05) is 32.9 Å². The van der Waals surface area contributed by atoms with Gasteiger partial charge in [-0.2, -0.15) is 4.98 Å². The van der Waals surface area contributed by atoms with Crippen LogP contribution >= 0.6 is 0 Å². The second-order valence-electron chi connectivity index (χ2n) is 4.59. The van der Waals surface area contributed by atoms with E-state index in [4.69, 9.17) is 4.52 Å². The number of rotatable bonds is 3. The molecule has 0 radical (unpaired) electrons. The highest BCUT2D eigenvalue weighted by Crippen LogP contribution is 2.19. The first kappa shape index (κ1) is 10.2. The van der Waals surface area contributed by atoms with Gasteiger partial charge in [-0.15, -0.1) is 0 Å². The molecule has 3 heteroatoms. The van der Waals surface area contributed by atoms with Crippen molar-refractivity contribution in [1.29, 1.82) is 0 Å². The van der Waals surface area contributed by atoms with Crippen molar-refractivity contribution in [2.75, 3.05) is 0 Å². The Hall–Kier alpha value is -0.860. The quantitative estimate of drug-likeness (QED) is 0.721. The van der Waals surface area contributed by atoms with E-state index in [-0.39, 0.29) is 5.41 Å². The Morgan fingerprint density at radius 3 is 2.54 bits per heavy atom. The van der Waals surface area contributed by atoms with Crippen LogP contribution in [0.2, 0.25) is 0 Å². The summed E-state index contributed by atoms with van der Waals surface area (Å²) < 4.78 is 5.13. The molecule has 0 amide bonds. The van der Waals surface area contributed by atoms with Crippen LogP contribution in [0.15, 0.2) is 4.52 Å². The molecule has 0 spiro atoms. The van der Waals surface area contributed by atoms with Crippen molar-refractivity contribution in [3.05, 3.63) is 11.7 Å². The topological polar surface area (TPSA) is 38.9 Å². The molecule has 1 rings (SSSR count). The van der Waals surface area contributed by atoms with Crippen LogP contribution < -0.4 is 0 Å². The maximum absolute atomic E-state index is 5.13. The number of hydrogen-bond acceptors (Lipinski definition) is 3. The lowest BCUT2D eigenvalue weighted by atomic mass is 9.92. The van der Waals surface area contributed by atoms with Crippen LogP contribution in [0.1, 0.15) is 45.8 Å². The third-order valence-corrected chi connectivity index (χ3v) is 1.67. The van der Waals surface area contributed by atoms with Crippen molar-refractivity contribution in [2.24, 2.45) is 5.41 Å². The number of aryl methyl sites for hydroxylation is 1. The van der Waals surface area contributed by atoms with Crippen molar-refractivity contribution in [3.63, 3.8) is 0 Å². The molecule has 0 saturated heterocycles. The lowest BCUT2D eigenvalue weighted by molar-refractivity contribution is 0.312. The van der Waals surface area contributed by atoms with Gasteiger partial charge in [0.05, 0.1) is 0 Å². The van der Waals surface area contributed by atoms with Crippen LogP contribution in [0, 0.1) is 5.41 Å². The van der Waals surface area contributed by atoms with Gasteiger partial charge in [-0.25, -0.2) is 0 Å². The molecule has 0 bridgehead atoms. The van der Waals surface area contributed by atoms with E-state index < -0.39 is 0 Å². The van der Waals surface area contributed by atoms with Gasteiger partial charge in [0, 0.05) is 12.8 Å². The van der Waals surface area contributed by atoms with Crippen molar-refractivity contribution in [3.8, 4) is 0 Å². The zero-order chi connectivity index (χ0) is 9.90. The van der Waals surface area contributed by atoms with Crippen LogP contribution in [0.4, 0.5) is 0 Å². The standard InChI is InChI=1S/C10H18N2O/c1-5-6-8-11-9(13-12-8)7-10(2,3)4/h5-7H2,1-4H3. The van der Waals surface area contributed by atoms with E-state index in [1.165, 1.54) is 0 Å². The van der Waals surface area contributed by atoms with Crippen LogP contribution in [-0.2, 0) is 12.8 Å². The van der Waals surface area contributed by atoms with Gasteiger partial charge >= 0.3 is 0 Å². The fourth-order valence-electron chi connectivity index (χ4n) is 1.14. The largest absolute Gasteiger partial charge is 0.339 e. The van der Waals surface area contributed by atoms with E-state index in [2.05, 4.69) is 37.8 Å². The van der Waals surface area contributed by atoms with Gasteiger partial charge < -0.3 is 4.52 Å². The fraction of sp³-hybridized carbons (Fsp3) is 0.800. The predicted octanol–water partition coefficient (Wildman–Crippen LogP) is 2.61. The summed E-state index contributed by atoms with van der Waals surface area (Å²) in [5.41, 5.74) is 0.218. The number of hydrogen-bond donors (Lipinski definition) is 0. The van der Waals surface area contributed by atoms with Crippen molar-refractivity contribution < 1.29 is 4.52 Å². The molecule has 3 nitrogen and oxygen atoms in total. The lowest BCUT2D eigenvalue weighted by Crippen LogP contribution is -2.09. The van der Waals surface area contributed by atoms with E-state index >= 15 is 0 Å². The Morgan fingerprint density at radius 1 is 1.31 bits per heavy atom. The van der Waals surface area contributed by atoms with Crippen molar-refractivity contribution in [1.82, 2.24) is 10.1 Å². The molecule has 1 aromatic heterocycles. The van der Waals surface area contributed by atoms with E-state index in [0.717, 1.165) is 31.0 Å². The Labute approximate surface area is 79.5 Å². The number of nitrogens with zero attached hydrogens (tertiary/aromatic N) is 2. The molecule has 0 unspecified atom stereocenters. The second-order valence-corrected chi connectivity index (χ2v) is 4.59. The summed E-state index contributed by atoms with van der Waals surface area (Å²) in [6.45, 7) is 8.60. The minimum absolute atomic E-state index is 0.218. The Balaban J connectivity index is 2.59. The molecular weight excluding hydrogens is 164 g/mol. The van der Waals surface area contributed by atoms with Crippen LogP contribution in [0.5, 0.6) is 0 Å². The van der Waals surface area contributed by atoms with E-state index in [9.17, 15) is 0 Å². The second kappa shape index (κ2) is 3.90. The Morgan fingerprint density at radius 2 is 2.00 bits per heavy atom. The SMILES string of the molecule is CCCc1noc(CC(C)(C)C)n1. The summed E-state index contributed by atoms with van der Waals surface area (Å²) in [5, 5.41) is 3.90. The highest BCUT2D eigenvalue weighted by molar-refractivity contribution is 4.89. The molecule has 1 aromatic rings. The Kier molecular flexibility index (Phi) is 3.07. The first-order chi connectivity index (χ1) is 6.01. The Bertz CT molecular complexity index is 260. The van der Waals surface area contributed by atoms with Crippen molar-refractivity contribution in [2.45, 2.75) is 47.0 Å². The summed E-state index contributed by atoms with van der Waals surface area (Å²) in [7, 11) is 0. The zero-order valence-corrected chi connectivity index (χ0v) is 8.92. The van der Waals surface area contributed by atoms with Gasteiger partial charge in [-0.3, -0.25) is 0 Å². The van der Waals surface area contributed by atoms with Gasteiger partial charge in [0.2, 0.25) is 5.89 Å². The molecule has 1 heterocycles. The molecule has 0 aliphatic carbocycles. The molecule has 0 N–H and O–H groups in total. The molecule has 0 aliphatic rings. The van der Waals surface area contributed by atoms with Crippen molar-refractivity contribution >= 4 is 0 Å². The summed E-state index contributed by atoms with van der Waals surface area (Å²) in [5.74, 6) is 1.60. The average Bonchev–Trinajstić information content (AvgIpc) is 2.33. The summed E-state index contributed by atoms with van der Waals surface area (Å²) in [6, 6.07) is 0. The monoisotopic (exact) mass is 182 g/mol. The van der Waals surface area contributed by atoms with Crippen LogP contribution in [0.25, 0.3) is 0 Å². The third kappa shape index (κ3) is 3.57. The smallest absolute Gasteiger partial charge is 0.227 e. The molecule has 0 aliphatic heterocycles. The maximum atomic E-state index is 5.13. The van der Waals surface area contributed by atoms with Gasteiger partial charge in [0.25, 0.3) is 0 Å². The van der Waals surface area contributed by atoms with E-state index in [0.29, 0.717) is 0 Å². The minimum Gasteiger partial charge on any atom is -0.339 e. The average molecular weight is 182 g/mol. The van der Waals surface area contributed by atoms with Crippen LogP contribution in [-0.4, -0.2) is 10.1 Å². The highest BCUT2D eigenvalue weighted by Gasteiger charge is 2.16. The van der Waals surface area contributed by atoms with E-state index in [1.807, 2.05) is 0 Å². The third-order valence-electron chi connectivity index (χ3n) is 1.67. The minimum atomic E-state index is 0.218. The van der Waals surface area contributed by atoms with Crippen LogP contribution in [0.3, 0.4) is 0 Å². The molecule has 0 saturated carbocycles. The van der Waals surface area contributed by atoms with Gasteiger partial charge in [-0.05, 0) is 11.8 Å². The molecular formula is C10H18N2O. The van der Waals surface area contributed by atoms with Gasteiger partial charge in [0.1, 0.15) is 0 Å². The molecule has 0 atom stereocenters. The summed E-state index contributed by atoms with van der Waals surface area (Å²) >= 11 is 0. The normalized spacial score (nSPS) is 12.0. The fourth-order valence-corrected chi connectivity index (χ4v) is 1.14. The first-order valence-electron chi connectivity index (χ1n) is 4.83. The maximum Gasteiger partial charge on any atom is 0.227 e. The molecule has 74 valence electrons. The highest BCUT2D eigenvalue weighted by atomic mass is 16.5. The lowest BCUT2D eigenvalue weighted by Gasteiger charge is -2.13. The molecule has 0 aromatic carbocycles. The van der Waals surface area contributed by atoms with E-state index in [1.54, 1.807) is 0 Å². The van der Waals surface area contributed by atoms with Gasteiger partial charge in [0.15, 0.2) is 5.82 Å². The zero-order valence-electron chi connectivity index (χ0n) is 8.92.